The molecule has 4 rings (SSSR count). The zero-order chi connectivity index (χ0) is 17.9. The molecule has 0 bridgehead atoms. The van der Waals surface area contributed by atoms with Crippen molar-refractivity contribution in [2.24, 2.45) is 0 Å². The van der Waals surface area contributed by atoms with Crippen LogP contribution in [0, 0.1) is 5.82 Å². The molecule has 1 saturated heterocycles. The minimum absolute atomic E-state index is 0.301. The fourth-order valence-corrected chi connectivity index (χ4v) is 3.47. The molecule has 0 saturated carbocycles. The van der Waals surface area contributed by atoms with E-state index in [9.17, 15) is 4.39 Å². The maximum absolute atomic E-state index is 13.4. The fraction of sp³-hybridized carbons (Fsp3) is 0.300. The first-order chi connectivity index (χ1) is 12.7. The van der Waals surface area contributed by atoms with Crippen LogP contribution in [0.3, 0.4) is 0 Å². The molecule has 0 spiro atoms. The Labute approximate surface area is 151 Å². The van der Waals surface area contributed by atoms with Crippen LogP contribution in [0.15, 0.2) is 52.9 Å². The van der Waals surface area contributed by atoms with Crippen LogP contribution < -0.4 is 4.74 Å². The van der Waals surface area contributed by atoms with Crippen molar-refractivity contribution in [3.05, 3.63) is 65.8 Å². The van der Waals surface area contributed by atoms with E-state index in [0.29, 0.717) is 29.9 Å². The molecule has 1 unspecified atom stereocenters. The van der Waals surface area contributed by atoms with Crippen molar-refractivity contribution in [2.45, 2.75) is 25.4 Å². The maximum atomic E-state index is 13.4. The molecular weight excluding hydrogens is 333 g/mol. The molecule has 1 fully saturated rings. The van der Waals surface area contributed by atoms with Gasteiger partial charge in [-0.3, -0.25) is 4.90 Å². The van der Waals surface area contributed by atoms with Gasteiger partial charge in [-0.05, 0) is 55.3 Å². The Morgan fingerprint density at radius 1 is 1.19 bits per heavy atom. The van der Waals surface area contributed by atoms with Crippen molar-refractivity contribution in [3.8, 4) is 17.2 Å². The van der Waals surface area contributed by atoms with Crippen molar-refractivity contribution in [1.82, 2.24) is 15.1 Å². The van der Waals surface area contributed by atoms with Crippen molar-refractivity contribution in [1.29, 1.82) is 0 Å². The second-order valence-corrected chi connectivity index (χ2v) is 6.42. The van der Waals surface area contributed by atoms with Gasteiger partial charge in [0.25, 0.3) is 0 Å². The van der Waals surface area contributed by atoms with Gasteiger partial charge in [-0.1, -0.05) is 18.2 Å². The summed E-state index contributed by atoms with van der Waals surface area (Å²) in [7, 11) is 1.68. The summed E-state index contributed by atoms with van der Waals surface area (Å²) in [5.74, 6) is 1.43. The van der Waals surface area contributed by atoms with Crippen molar-refractivity contribution in [3.63, 3.8) is 0 Å². The monoisotopic (exact) mass is 353 g/mol. The van der Waals surface area contributed by atoms with Gasteiger partial charge in [0.1, 0.15) is 11.6 Å². The van der Waals surface area contributed by atoms with Crippen molar-refractivity contribution in [2.75, 3.05) is 13.7 Å². The highest BCUT2D eigenvalue weighted by atomic mass is 19.1. The molecule has 1 aliphatic rings. The molecule has 2 heterocycles. The maximum Gasteiger partial charge on any atom is 0.247 e. The molecule has 26 heavy (non-hydrogen) atoms. The second kappa shape index (κ2) is 7.25. The molecule has 0 aliphatic carbocycles. The van der Waals surface area contributed by atoms with Gasteiger partial charge < -0.3 is 9.15 Å². The van der Waals surface area contributed by atoms with Crippen LogP contribution >= 0.6 is 0 Å². The van der Waals surface area contributed by atoms with Gasteiger partial charge in [-0.15, -0.1) is 10.2 Å². The van der Waals surface area contributed by atoms with Crippen LogP contribution in [0.25, 0.3) is 11.5 Å². The molecule has 1 aromatic heterocycles. The predicted octanol–water partition coefficient (Wildman–Crippen LogP) is 4.22. The Hall–Kier alpha value is -2.73. The zero-order valence-corrected chi connectivity index (χ0v) is 14.6. The Bertz CT molecular complexity index is 896. The summed E-state index contributed by atoms with van der Waals surface area (Å²) in [5.41, 5.74) is 1.82. The topological polar surface area (TPSA) is 51.4 Å². The minimum Gasteiger partial charge on any atom is -0.497 e. The molecule has 0 N–H and O–H groups in total. The Morgan fingerprint density at radius 2 is 2.08 bits per heavy atom. The van der Waals surface area contributed by atoms with Gasteiger partial charge in [-0.2, -0.15) is 0 Å². The van der Waals surface area contributed by atoms with Crippen LogP contribution in [-0.4, -0.2) is 28.8 Å². The quantitative estimate of drug-likeness (QED) is 0.687. The van der Waals surface area contributed by atoms with E-state index in [1.807, 2.05) is 12.1 Å². The molecule has 0 amide bonds. The van der Waals surface area contributed by atoms with Crippen molar-refractivity contribution < 1.29 is 13.5 Å². The summed E-state index contributed by atoms with van der Waals surface area (Å²) >= 11 is 0. The van der Waals surface area contributed by atoms with Gasteiger partial charge >= 0.3 is 0 Å². The first-order valence-electron chi connectivity index (χ1n) is 8.69. The summed E-state index contributed by atoms with van der Waals surface area (Å²) in [6.45, 7) is 1.55. The number of halogens is 1. The number of ether oxygens (including phenoxy) is 1. The third-order valence-electron chi connectivity index (χ3n) is 4.72. The number of nitrogens with zero attached hydrogens (tertiary/aromatic N) is 3. The fourth-order valence-electron chi connectivity index (χ4n) is 3.47. The molecule has 0 radical (unpaired) electrons. The summed E-state index contributed by atoms with van der Waals surface area (Å²) in [5, 5.41) is 8.21. The summed E-state index contributed by atoms with van der Waals surface area (Å²) in [6.07, 6.45) is 2.20. The second-order valence-electron chi connectivity index (χ2n) is 6.42. The van der Waals surface area contributed by atoms with E-state index in [4.69, 9.17) is 9.15 Å². The molecule has 1 atom stereocenters. The molecule has 3 aromatic rings. The lowest BCUT2D eigenvalue weighted by Crippen LogP contribution is -2.23. The highest BCUT2D eigenvalue weighted by Gasteiger charge is 2.27. The standard InChI is InChI=1S/C20H20FN3O2/c1-25-17-8-3-5-14(12-17)18-9-4-10-24(18)13-19-22-23-20(26-19)15-6-2-7-16(21)11-15/h2-3,5-8,11-12,18H,4,9-10,13H2,1H3. The highest BCUT2D eigenvalue weighted by Crippen LogP contribution is 2.34. The smallest absolute Gasteiger partial charge is 0.247 e. The average molecular weight is 353 g/mol. The van der Waals surface area contributed by atoms with Gasteiger partial charge in [-0.25, -0.2) is 4.39 Å². The SMILES string of the molecule is COc1cccc(C2CCCN2Cc2nnc(-c3cccc(F)c3)o2)c1. The lowest BCUT2D eigenvalue weighted by atomic mass is 10.0. The largest absolute Gasteiger partial charge is 0.497 e. The van der Waals surface area contributed by atoms with Gasteiger partial charge in [0, 0.05) is 11.6 Å². The zero-order valence-electron chi connectivity index (χ0n) is 14.6. The third kappa shape index (κ3) is 3.46. The summed E-state index contributed by atoms with van der Waals surface area (Å²) in [6, 6.07) is 14.6. The Morgan fingerprint density at radius 3 is 2.92 bits per heavy atom. The van der Waals surface area contributed by atoms with Gasteiger partial charge in [0.2, 0.25) is 11.8 Å². The number of likely N-dealkylation sites (tertiary alicyclic amines) is 1. The van der Waals surface area contributed by atoms with Crippen LogP contribution in [-0.2, 0) is 6.54 Å². The Kier molecular flexibility index (Phi) is 4.67. The number of benzene rings is 2. The summed E-state index contributed by atoms with van der Waals surface area (Å²) in [4.78, 5) is 2.33. The van der Waals surface area contributed by atoms with E-state index in [-0.39, 0.29) is 5.82 Å². The molecule has 134 valence electrons. The van der Waals surface area contributed by atoms with Crippen LogP contribution in [0.4, 0.5) is 4.39 Å². The van der Waals surface area contributed by atoms with Crippen molar-refractivity contribution >= 4 is 0 Å². The van der Waals surface area contributed by atoms with Crippen LogP contribution in [0.1, 0.15) is 30.3 Å². The average Bonchev–Trinajstić information content (AvgIpc) is 3.32. The number of rotatable bonds is 5. The van der Waals surface area contributed by atoms with E-state index in [2.05, 4.69) is 27.2 Å². The molecule has 2 aromatic carbocycles. The Balaban J connectivity index is 1.51. The van der Waals surface area contributed by atoms with E-state index >= 15 is 0 Å². The van der Waals surface area contributed by atoms with E-state index in [1.165, 1.54) is 17.7 Å². The van der Waals surface area contributed by atoms with E-state index in [0.717, 1.165) is 25.1 Å². The number of hydrogen-bond donors (Lipinski definition) is 0. The first-order valence-corrected chi connectivity index (χ1v) is 8.69. The number of methoxy groups -OCH3 is 1. The third-order valence-corrected chi connectivity index (χ3v) is 4.72. The number of hydrogen-bond acceptors (Lipinski definition) is 5. The van der Waals surface area contributed by atoms with Gasteiger partial charge in [0.05, 0.1) is 13.7 Å². The molecule has 6 heteroatoms. The summed E-state index contributed by atoms with van der Waals surface area (Å²) < 4.78 is 24.5. The minimum atomic E-state index is -0.320. The lowest BCUT2D eigenvalue weighted by molar-refractivity contribution is 0.224. The van der Waals surface area contributed by atoms with Gasteiger partial charge in [0.15, 0.2) is 0 Å². The molecule has 1 aliphatic heterocycles. The van der Waals surface area contributed by atoms with Crippen LogP contribution in [0.5, 0.6) is 5.75 Å². The lowest BCUT2D eigenvalue weighted by Gasteiger charge is -2.23. The van der Waals surface area contributed by atoms with E-state index < -0.39 is 0 Å². The van der Waals surface area contributed by atoms with Crippen LogP contribution in [0.2, 0.25) is 0 Å². The molecular formula is C20H20FN3O2. The number of aromatic nitrogens is 2. The highest BCUT2D eigenvalue weighted by molar-refractivity contribution is 5.52. The van der Waals surface area contributed by atoms with E-state index in [1.54, 1.807) is 19.2 Å². The molecule has 5 nitrogen and oxygen atoms in total. The normalized spacial score (nSPS) is 17.5. The first kappa shape index (κ1) is 16.7. The predicted molar refractivity (Wildman–Crippen MR) is 95.1 cm³/mol.